The number of benzene rings is 1. The molecule has 0 unspecified atom stereocenters. The van der Waals surface area contributed by atoms with Gasteiger partial charge in [-0.25, -0.2) is 0 Å². The molecule has 0 atom stereocenters. The Bertz CT molecular complexity index is 484. The average molecular weight is 307 g/mol. The molecule has 1 aromatic rings. The fourth-order valence-corrected chi connectivity index (χ4v) is 3.25. The van der Waals surface area contributed by atoms with Crippen molar-refractivity contribution in [2.75, 3.05) is 55.5 Å². The van der Waals surface area contributed by atoms with E-state index in [0.717, 1.165) is 30.9 Å². The Balaban J connectivity index is 1.96. The Morgan fingerprint density at radius 1 is 1.33 bits per heavy atom. The van der Waals surface area contributed by atoms with Crippen LogP contribution in [0.25, 0.3) is 0 Å². The summed E-state index contributed by atoms with van der Waals surface area (Å²) in [5, 5.41) is 3.01. The zero-order valence-corrected chi connectivity index (χ0v) is 14.0. The van der Waals surface area contributed by atoms with E-state index in [0.29, 0.717) is 6.42 Å². The highest BCUT2D eigenvalue weighted by Gasteiger charge is 2.12. The number of nitrogens with zero attached hydrogens (tertiary/aromatic N) is 2. The fourth-order valence-electron chi connectivity index (χ4n) is 2.34. The van der Waals surface area contributed by atoms with Crippen LogP contribution in [0.4, 0.5) is 11.4 Å². The molecule has 1 N–H and O–H groups in total. The second-order valence-corrected chi connectivity index (χ2v) is 6.92. The number of carbonyl (C=O) groups excluding carboxylic acids is 1. The van der Waals surface area contributed by atoms with Crippen LogP contribution in [0, 0.1) is 6.92 Å². The minimum absolute atomic E-state index is 0.0777. The highest BCUT2D eigenvalue weighted by atomic mass is 32.2. The maximum atomic E-state index is 11.9. The van der Waals surface area contributed by atoms with E-state index in [4.69, 9.17) is 0 Å². The molecule has 1 aliphatic heterocycles. The van der Waals surface area contributed by atoms with E-state index in [9.17, 15) is 4.79 Å². The molecule has 1 saturated heterocycles. The molecule has 1 heterocycles. The summed E-state index contributed by atoms with van der Waals surface area (Å²) in [7, 11) is 3.95. The summed E-state index contributed by atoms with van der Waals surface area (Å²) in [4.78, 5) is 16.3. The number of aryl methyl sites for hydroxylation is 1. The first-order chi connectivity index (χ1) is 10.1. The number of nitrogens with one attached hydrogen (secondary N) is 1. The van der Waals surface area contributed by atoms with E-state index < -0.39 is 0 Å². The molecule has 0 radical (unpaired) electrons. The van der Waals surface area contributed by atoms with Crippen molar-refractivity contribution in [1.82, 2.24) is 4.90 Å². The molecule has 0 aromatic heterocycles. The van der Waals surface area contributed by atoms with Gasteiger partial charge in [0.15, 0.2) is 0 Å². The molecular weight excluding hydrogens is 282 g/mol. The Morgan fingerprint density at radius 3 is 2.67 bits per heavy atom. The summed E-state index contributed by atoms with van der Waals surface area (Å²) in [5.74, 6) is 2.47. The maximum Gasteiger partial charge on any atom is 0.225 e. The molecule has 21 heavy (non-hydrogen) atoms. The van der Waals surface area contributed by atoms with Crippen LogP contribution >= 0.6 is 11.8 Å². The molecule has 4 nitrogen and oxygen atoms in total. The number of anilines is 2. The minimum Gasteiger partial charge on any atom is -0.370 e. The SMILES string of the molecule is Cc1cc(N2CCSCC2)ccc1NC(=O)CCN(C)C. The molecule has 0 spiro atoms. The summed E-state index contributed by atoms with van der Waals surface area (Å²) in [5.41, 5.74) is 3.32. The molecule has 1 aliphatic rings. The van der Waals surface area contributed by atoms with Crippen molar-refractivity contribution in [1.29, 1.82) is 0 Å². The van der Waals surface area contributed by atoms with Crippen molar-refractivity contribution in [3.8, 4) is 0 Å². The van der Waals surface area contributed by atoms with Gasteiger partial charge in [-0.2, -0.15) is 11.8 Å². The lowest BCUT2D eigenvalue weighted by molar-refractivity contribution is -0.116. The summed E-state index contributed by atoms with van der Waals surface area (Å²) in [6.07, 6.45) is 0.525. The zero-order chi connectivity index (χ0) is 15.2. The molecule has 5 heteroatoms. The van der Waals surface area contributed by atoms with Gasteiger partial charge in [-0.1, -0.05) is 0 Å². The van der Waals surface area contributed by atoms with E-state index in [-0.39, 0.29) is 5.91 Å². The summed E-state index contributed by atoms with van der Waals surface area (Å²) < 4.78 is 0. The first-order valence-electron chi connectivity index (χ1n) is 7.44. The van der Waals surface area contributed by atoms with Crippen LogP contribution in [0.15, 0.2) is 18.2 Å². The van der Waals surface area contributed by atoms with E-state index in [1.54, 1.807) is 0 Å². The molecule has 0 aliphatic carbocycles. The summed E-state index contributed by atoms with van der Waals surface area (Å²) >= 11 is 2.01. The van der Waals surface area contributed by atoms with Gasteiger partial charge in [0.2, 0.25) is 5.91 Å². The standard InChI is InChI=1S/C16H25N3OS/c1-13-12-14(19-8-10-21-11-9-19)4-5-15(13)17-16(20)6-7-18(2)3/h4-5,12H,6-11H2,1-3H3,(H,17,20). The Hall–Kier alpha value is -1.20. The first-order valence-corrected chi connectivity index (χ1v) is 8.59. The number of amides is 1. The Kier molecular flexibility index (Phi) is 5.94. The third kappa shape index (κ3) is 4.93. The molecular formula is C16H25N3OS. The molecule has 1 amide bonds. The van der Waals surface area contributed by atoms with Crippen molar-refractivity contribution >= 4 is 29.0 Å². The van der Waals surface area contributed by atoms with E-state index in [1.807, 2.05) is 36.8 Å². The highest BCUT2D eigenvalue weighted by Crippen LogP contribution is 2.25. The Morgan fingerprint density at radius 2 is 2.05 bits per heavy atom. The van der Waals surface area contributed by atoms with Crippen LogP contribution in [0.2, 0.25) is 0 Å². The monoisotopic (exact) mass is 307 g/mol. The predicted molar refractivity (Wildman–Crippen MR) is 92.5 cm³/mol. The third-order valence-corrected chi connectivity index (χ3v) is 4.59. The maximum absolute atomic E-state index is 11.9. The molecule has 0 saturated carbocycles. The lowest BCUT2D eigenvalue weighted by Crippen LogP contribution is -2.32. The van der Waals surface area contributed by atoms with Gasteiger partial charge >= 0.3 is 0 Å². The summed E-state index contributed by atoms with van der Waals surface area (Å²) in [6, 6.07) is 6.32. The smallest absolute Gasteiger partial charge is 0.225 e. The van der Waals surface area contributed by atoms with Crippen molar-refractivity contribution < 1.29 is 4.79 Å². The average Bonchev–Trinajstić information content (AvgIpc) is 2.48. The molecule has 2 rings (SSSR count). The van der Waals surface area contributed by atoms with Crippen LogP contribution in [-0.2, 0) is 4.79 Å². The van der Waals surface area contributed by atoms with E-state index in [1.165, 1.54) is 17.2 Å². The molecule has 1 aromatic carbocycles. The van der Waals surface area contributed by atoms with Gasteiger partial charge in [0.25, 0.3) is 0 Å². The summed E-state index contributed by atoms with van der Waals surface area (Å²) in [6.45, 7) is 5.05. The normalized spacial score (nSPS) is 15.3. The lowest BCUT2D eigenvalue weighted by atomic mass is 10.1. The van der Waals surface area contributed by atoms with Crippen molar-refractivity contribution in [3.63, 3.8) is 0 Å². The van der Waals surface area contributed by atoms with Gasteiger partial charge < -0.3 is 15.1 Å². The van der Waals surface area contributed by atoms with Crippen LogP contribution in [0.5, 0.6) is 0 Å². The van der Waals surface area contributed by atoms with Gasteiger partial charge in [-0.05, 0) is 44.8 Å². The van der Waals surface area contributed by atoms with Crippen molar-refractivity contribution in [2.24, 2.45) is 0 Å². The number of rotatable bonds is 5. The number of hydrogen-bond donors (Lipinski definition) is 1. The highest BCUT2D eigenvalue weighted by molar-refractivity contribution is 7.99. The fraction of sp³-hybridized carbons (Fsp3) is 0.562. The van der Waals surface area contributed by atoms with E-state index >= 15 is 0 Å². The number of hydrogen-bond acceptors (Lipinski definition) is 4. The zero-order valence-electron chi connectivity index (χ0n) is 13.2. The van der Waals surface area contributed by atoms with Crippen molar-refractivity contribution in [3.05, 3.63) is 23.8 Å². The third-order valence-electron chi connectivity index (χ3n) is 3.65. The largest absolute Gasteiger partial charge is 0.370 e. The van der Waals surface area contributed by atoms with Crippen molar-refractivity contribution in [2.45, 2.75) is 13.3 Å². The van der Waals surface area contributed by atoms with E-state index in [2.05, 4.69) is 29.3 Å². The molecule has 0 bridgehead atoms. The van der Waals surface area contributed by atoms with Gasteiger partial charge in [-0.3, -0.25) is 4.79 Å². The quantitative estimate of drug-likeness (QED) is 0.906. The topological polar surface area (TPSA) is 35.6 Å². The second-order valence-electron chi connectivity index (χ2n) is 5.70. The van der Waals surface area contributed by atoms with Gasteiger partial charge in [0, 0.05) is 48.9 Å². The van der Waals surface area contributed by atoms with Gasteiger partial charge in [0.1, 0.15) is 0 Å². The first kappa shape index (κ1) is 16.2. The minimum atomic E-state index is 0.0777. The molecule has 1 fully saturated rings. The molecule has 116 valence electrons. The second kappa shape index (κ2) is 7.71. The van der Waals surface area contributed by atoms with Crippen LogP contribution < -0.4 is 10.2 Å². The van der Waals surface area contributed by atoms with Gasteiger partial charge in [-0.15, -0.1) is 0 Å². The van der Waals surface area contributed by atoms with Crippen LogP contribution in [-0.4, -0.2) is 56.0 Å². The van der Waals surface area contributed by atoms with Crippen LogP contribution in [0.1, 0.15) is 12.0 Å². The lowest BCUT2D eigenvalue weighted by Gasteiger charge is -2.29. The van der Waals surface area contributed by atoms with Gasteiger partial charge in [0.05, 0.1) is 0 Å². The van der Waals surface area contributed by atoms with Crippen LogP contribution in [0.3, 0.4) is 0 Å². The number of carbonyl (C=O) groups is 1. The number of thioether (sulfide) groups is 1. The Labute approximate surface area is 131 Å². The predicted octanol–water partition coefficient (Wildman–Crippen LogP) is 2.44.